The summed E-state index contributed by atoms with van der Waals surface area (Å²) in [6.07, 6.45) is 4.48. The molecule has 0 unspecified atom stereocenters. The number of hydrogen-bond acceptors (Lipinski definition) is 2. The molecule has 1 saturated carbocycles. The van der Waals surface area contributed by atoms with Crippen molar-refractivity contribution >= 4 is 6.09 Å². The normalized spacial score (nSPS) is 17.5. The van der Waals surface area contributed by atoms with Crippen LogP contribution < -0.4 is 0 Å². The summed E-state index contributed by atoms with van der Waals surface area (Å²) in [6.45, 7) is 8.09. The van der Waals surface area contributed by atoms with E-state index in [0.717, 1.165) is 12.8 Å². The average Bonchev–Trinajstić information content (AvgIpc) is 2.54. The van der Waals surface area contributed by atoms with Gasteiger partial charge in [0.1, 0.15) is 6.10 Å². The molecule has 0 aliphatic heterocycles. The lowest BCUT2D eigenvalue weighted by Crippen LogP contribution is -2.43. The van der Waals surface area contributed by atoms with Crippen molar-refractivity contribution in [2.24, 2.45) is 0 Å². The van der Waals surface area contributed by atoms with Crippen LogP contribution in [0.25, 0.3) is 0 Å². The van der Waals surface area contributed by atoms with Gasteiger partial charge >= 0.3 is 6.09 Å². The summed E-state index contributed by atoms with van der Waals surface area (Å²) in [5.41, 5.74) is 0. The fraction of sp³-hybridized carbons (Fsp3) is 0.917. The van der Waals surface area contributed by atoms with Crippen LogP contribution in [0.15, 0.2) is 0 Å². The Morgan fingerprint density at radius 2 is 1.60 bits per heavy atom. The van der Waals surface area contributed by atoms with E-state index in [-0.39, 0.29) is 24.3 Å². The first-order valence-corrected chi connectivity index (χ1v) is 6.01. The van der Waals surface area contributed by atoms with E-state index in [0.29, 0.717) is 0 Å². The molecule has 15 heavy (non-hydrogen) atoms. The number of carbonyl (C=O) groups excluding carboxylic acids is 1. The van der Waals surface area contributed by atoms with Crippen molar-refractivity contribution in [3.63, 3.8) is 0 Å². The molecule has 3 heteroatoms. The van der Waals surface area contributed by atoms with E-state index in [1.807, 2.05) is 27.7 Å². The minimum atomic E-state index is -0.146. The van der Waals surface area contributed by atoms with Crippen LogP contribution in [-0.4, -0.2) is 29.2 Å². The van der Waals surface area contributed by atoms with Gasteiger partial charge in [0.15, 0.2) is 0 Å². The maximum atomic E-state index is 11.9. The molecule has 0 aromatic rings. The Labute approximate surface area is 92.8 Å². The molecule has 0 spiro atoms. The van der Waals surface area contributed by atoms with Gasteiger partial charge in [-0.25, -0.2) is 4.79 Å². The summed E-state index contributed by atoms with van der Waals surface area (Å²) in [7, 11) is 0. The summed E-state index contributed by atoms with van der Waals surface area (Å²) in [4.78, 5) is 13.7. The third kappa shape index (κ3) is 3.40. The fourth-order valence-electron chi connectivity index (χ4n) is 2.23. The molecular weight excluding hydrogens is 190 g/mol. The molecule has 0 radical (unpaired) electrons. The largest absolute Gasteiger partial charge is 0.446 e. The van der Waals surface area contributed by atoms with Crippen molar-refractivity contribution in [3.8, 4) is 0 Å². The molecule has 1 rings (SSSR count). The van der Waals surface area contributed by atoms with Gasteiger partial charge in [0.05, 0.1) is 0 Å². The van der Waals surface area contributed by atoms with Crippen molar-refractivity contribution in [2.45, 2.75) is 71.6 Å². The van der Waals surface area contributed by atoms with Crippen molar-refractivity contribution in [1.29, 1.82) is 0 Å². The number of nitrogens with zero attached hydrogens (tertiary/aromatic N) is 1. The van der Waals surface area contributed by atoms with Gasteiger partial charge in [0.2, 0.25) is 0 Å². The maximum Gasteiger partial charge on any atom is 0.410 e. The third-order valence-electron chi connectivity index (χ3n) is 2.89. The molecule has 0 bridgehead atoms. The number of hydrogen-bond donors (Lipinski definition) is 0. The molecule has 1 aliphatic rings. The zero-order valence-electron chi connectivity index (χ0n) is 10.3. The first-order chi connectivity index (χ1) is 7.02. The number of rotatable bonds is 3. The molecule has 1 amide bonds. The van der Waals surface area contributed by atoms with Gasteiger partial charge < -0.3 is 9.64 Å². The summed E-state index contributed by atoms with van der Waals surface area (Å²) in [6, 6.07) is 0.415. The van der Waals surface area contributed by atoms with Gasteiger partial charge in [0, 0.05) is 12.1 Å². The Hall–Kier alpha value is -0.730. The van der Waals surface area contributed by atoms with Crippen molar-refractivity contribution in [2.75, 3.05) is 0 Å². The topological polar surface area (TPSA) is 29.5 Å². The Morgan fingerprint density at radius 1 is 1.13 bits per heavy atom. The molecule has 0 N–H and O–H groups in total. The molecule has 0 heterocycles. The molecule has 3 nitrogen and oxygen atoms in total. The maximum absolute atomic E-state index is 11.9. The van der Waals surface area contributed by atoms with E-state index in [1.54, 1.807) is 4.90 Å². The highest BCUT2D eigenvalue weighted by atomic mass is 16.6. The van der Waals surface area contributed by atoms with E-state index in [4.69, 9.17) is 4.74 Å². The van der Waals surface area contributed by atoms with Crippen LogP contribution in [0.5, 0.6) is 0 Å². The monoisotopic (exact) mass is 213 g/mol. The number of ether oxygens (including phenoxy) is 1. The minimum absolute atomic E-state index is 0.146. The second-order valence-corrected chi connectivity index (χ2v) is 4.88. The highest BCUT2D eigenvalue weighted by Gasteiger charge is 2.26. The summed E-state index contributed by atoms with van der Waals surface area (Å²) < 4.78 is 5.48. The molecular formula is C12H23NO2. The van der Waals surface area contributed by atoms with Crippen LogP contribution in [0.2, 0.25) is 0 Å². The van der Waals surface area contributed by atoms with Gasteiger partial charge in [0.25, 0.3) is 0 Å². The second kappa shape index (κ2) is 5.38. The molecule has 0 saturated heterocycles. The summed E-state index contributed by atoms with van der Waals surface area (Å²) in [5.74, 6) is 0. The fourth-order valence-corrected chi connectivity index (χ4v) is 2.23. The first-order valence-electron chi connectivity index (χ1n) is 6.01. The zero-order valence-corrected chi connectivity index (χ0v) is 10.3. The van der Waals surface area contributed by atoms with Crippen LogP contribution in [0.1, 0.15) is 53.4 Å². The van der Waals surface area contributed by atoms with Gasteiger partial charge in [-0.1, -0.05) is 0 Å². The lowest BCUT2D eigenvalue weighted by molar-refractivity contribution is 0.0477. The van der Waals surface area contributed by atoms with Crippen LogP contribution in [0, 0.1) is 0 Å². The van der Waals surface area contributed by atoms with E-state index in [9.17, 15) is 4.79 Å². The Morgan fingerprint density at radius 3 is 2.00 bits per heavy atom. The Balaban J connectivity index is 2.48. The number of amides is 1. The summed E-state index contributed by atoms with van der Waals surface area (Å²) in [5, 5.41) is 0. The quantitative estimate of drug-likeness (QED) is 0.720. The SMILES string of the molecule is CC(C)N(C(=O)OC1CCCC1)C(C)C. The van der Waals surface area contributed by atoms with Crippen molar-refractivity contribution in [1.82, 2.24) is 4.90 Å². The van der Waals surface area contributed by atoms with E-state index in [2.05, 4.69) is 0 Å². The molecule has 0 aromatic heterocycles. The lowest BCUT2D eigenvalue weighted by atomic mass is 10.2. The predicted octanol–water partition coefficient (Wildman–Crippen LogP) is 3.18. The highest BCUT2D eigenvalue weighted by molar-refractivity contribution is 5.68. The van der Waals surface area contributed by atoms with Crippen LogP contribution >= 0.6 is 0 Å². The zero-order chi connectivity index (χ0) is 11.4. The first kappa shape index (κ1) is 12.3. The molecule has 1 aliphatic carbocycles. The van der Waals surface area contributed by atoms with Crippen LogP contribution in [0.4, 0.5) is 4.79 Å². The predicted molar refractivity (Wildman–Crippen MR) is 60.8 cm³/mol. The van der Waals surface area contributed by atoms with E-state index < -0.39 is 0 Å². The minimum Gasteiger partial charge on any atom is -0.446 e. The smallest absolute Gasteiger partial charge is 0.410 e. The van der Waals surface area contributed by atoms with Crippen LogP contribution in [0.3, 0.4) is 0 Å². The summed E-state index contributed by atoms with van der Waals surface area (Å²) >= 11 is 0. The van der Waals surface area contributed by atoms with Gasteiger partial charge in [-0.2, -0.15) is 0 Å². The third-order valence-corrected chi connectivity index (χ3v) is 2.89. The molecule has 0 aromatic carbocycles. The van der Waals surface area contributed by atoms with Gasteiger partial charge in [-0.05, 0) is 53.4 Å². The van der Waals surface area contributed by atoms with Crippen molar-refractivity contribution < 1.29 is 9.53 Å². The van der Waals surface area contributed by atoms with Crippen LogP contribution in [-0.2, 0) is 4.74 Å². The highest BCUT2D eigenvalue weighted by Crippen LogP contribution is 2.22. The van der Waals surface area contributed by atoms with Crippen molar-refractivity contribution in [3.05, 3.63) is 0 Å². The van der Waals surface area contributed by atoms with E-state index in [1.165, 1.54) is 12.8 Å². The average molecular weight is 213 g/mol. The molecule has 1 fully saturated rings. The Bertz CT molecular complexity index is 200. The number of carbonyl (C=O) groups is 1. The van der Waals surface area contributed by atoms with E-state index >= 15 is 0 Å². The van der Waals surface area contributed by atoms with Gasteiger partial charge in [-0.3, -0.25) is 0 Å². The molecule has 0 atom stereocenters. The Kier molecular flexibility index (Phi) is 4.43. The molecule has 88 valence electrons. The lowest BCUT2D eigenvalue weighted by Gasteiger charge is -2.30. The standard InChI is InChI=1S/C12H23NO2/c1-9(2)13(10(3)4)12(14)15-11-7-5-6-8-11/h9-11H,5-8H2,1-4H3. The second-order valence-electron chi connectivity index (χ2n) is 4.88. The van der Waals surface area contributed by atoms with Gasteiger partial charge in [-0.15, -0.1) is 0 Å².